The summed E-state index contributed by atoms with van der Waals surface area (Å²) < 4.78 is 14.4. The topological polar surface area (TPSA) is 37.3 Å². The number of hydrogen-bond donors (Lipinski definition) is 1. The summed E-state index contributed by atoms with van der Waals surface area (Å²) in [4.78, 5) is 11.8. The number of carboxylic acid groups (broad SMARTS) is 1. The average Bonchev–Trinajstić information content (AvgIpc) is 2.85. The summed E-state index contributed by atoms with van der Waals surface area (Å²) in [7, 11) is 0. The summed E-state index contributed by atoms with van der Waals surface area (Å²) in [5, 5.41) is 9.69. The van der Waals surface area contributed by atoms with E-state index in [0.717, 1.165) is 31.2 Å². The van der Waals surface area contributed by atoms with Crippen LogP contribution in [-0.2, 0) is 6.42 Å². The number of allylic oxidation sites excluding steroid dienone is 1. The van der Waals surface area contributed by atoms with Crippen molar-refractivity contribution >= 4 is 12.0 Å². The lowest BCUT2D eigenvalue weighted by Gasteiger charge is -2.10. The fourth-order valence-electron chi connectivity index (χ4n) is 4.54. The smallest absolute Gasteiger partial charge is 0.336 e. The van der Waals surface area contributed by atoms with Crippen molar-refractivity contribution in [3.05, 3.63) is 65.0 Å². The lowest BCUT2D eigenvalue weighted by molar-refractivity contribution is 0.0697. The van der Waals surface area contributed by atoms with E-state index >= 15 is 0 Å². The van der Waals surface area contributed by atoms with Crippen LogP contribution in [0.15, 0.2) is 48.3 Å². The van der Waals surface area contributed by atoms with E-state index < -0.39 is 5.97 Å². The first-order chi connectivity index (χ1) is 17.0. The predicted octanol–water partition coefficient (Wildman–Crippen LogP) is 10.4. The van der Waals surface area contributed by atoms with E-state index in [2.05, 4.69) is 26.0 Å². The Morgan fingerprint density at radius 1 is 0.771 bits per heavy atom. The van der Waals surface area contributed by atoms with Crippen LogP contribution in [0.3, 0.4) is 0 Å². The largest absolute Gasteiger partial charge is 0.478 e. The van der Waals surface area contributed by atoms with Crippen LogP contribution in [0.2, 0.25) is 0 Å². The normalized spacial score (nSPS) is 11.7. The van der Waals surface area contributed by atoms with Gasteiger partial charge in [-0.25, -0.2) is 9.18 Å². The van der Waals surface area contributed by atoms with Crippen molar-refractivity contribution in [1.82, 2.24) is 0 Å². The van der Waals surface area contributed by atoms with Crippen molar-refractivity contribution in [3.63, 3.8) is 0 Å². The molecule has 2 aromatic carbocycles. The summed E-state index contributed by atoms with van der Waals surface area (Å²) in [6.45, 7) is 4.42. The fourth-order valence-corrected chi connectivity index (χ4v) is 4.54. The third-order valence-corrected chi connectivity index (χ3v) is 6.70. The molecule has 0 aromatic heterocycles. The highest BCUT2D eigenvalue weighted by molar-refractivity contribution is 5.96. The first-order valence-corrected chi connectivity index (χ1v) is 13.9. The first kappa shape index (κ1) is 28.8. The third kappa shape index (κ3) is 11.2. The van der Waals surface area contributed by atoms with Gasteiger partial charge in [-0.15, -0.1) is 0 Å². The van der Waals surface area contributed by atoms with E-state index in [4.69, 9.17) is 0 Å². The molecule has 0 spiro atoms. The Labute approximate surface area is 212 Å². The van der Waals surface area contributed by atoms with Crippen LogP contribution in [0.4, 0.5) is 4.39 Å². The standard InChI is InChI=1S/C32H45FO2/c1-3-5-7-9-10-11-13-14-16-26-18-21-28(22-19-26)31-25-27(20-23-30(31)32(34)35)24-29(33)17-15-12-8-6-4-2/h18-25H,3-17H2,1-2H3,(H,34,35)/b29-24+. The molecule has 1 N–H and O–H groups in total. The Morgan fingerprint density at radius 2 is 1.34 bits per heavy atom. The Balaban J connectivity index is 1.97. The third-order valence-electron chi connectivity index (χ3n) is 6.70. The number of rotatable bonds is 18. The molecule has 0 saturated heterocycles. The zero-order chi connectivity index (χ0) is 25.3. The molecular formula is C32H45FO2. The van der Waals surface area contributed by atoms with Gasteiger partial charge in [0.15, 0.2) is 0 Å². The van der Waals surface area contributed by atoms with Crippen molar-refractivity contribution in [2.45, 2.75) is 110 Å². The Bertz CT molecular complexity index is 898. The molecule has 0 radical (unpaired) electrons. The fraction of sp³-hybridized carbons (Fsp3) is 0.531. The summed E-state index contributed by atoms with van der Waals surface area (Å²) in [6, 6.07) is 13.3. The lowest BCUT2D eigenvalue weighted by Crippen LogP contribution is -2.00. The van der Waals surface area contributed by atoms with Gasteiger partial charge in [-0.3, -0.25) is 0 Å². The second-order valence-corrected chi connectivity index (χ2v) is 9.79. The van der Waals surface area contributed by atoms with Crippen LogP contribution >= 0.6 is 0 Å². The molecule has 0 aliphatic heterocycles. The number of hydrogen-bond acceptors (Lipinski definition) is 1. The molecule has 0 aliphatic rings. The van der Waals surface area contributed by atoms with Gasteiger partial charge in [0.1, 0.15) is 5.83 Å². The van der Waals surface area contributed by atoms with Gasteiger partial charge in [-0.05, 0) is 66.1 Å². The summed E-state index contributed by atoms with van der Waals surface area (Å²) >= 11 is 0. The Hall–Kier alpha value is -2.42. The molecule has 0 fully saturated rings. The SMILES string of the molecule is CCCCCCCCCCc1ccc(-c2cc(/C=C(/F)CCCCCCC)ccc2C(=O)O)cc1. The highest BCUT2D eigenvalue weighted by Gasteiger charge is 2.13. The maximum Gasteiger partial charge on any atom is 0.336 e. The van der Waals surface area contributed by atoms with Crippen molar-refractivity contribution in [2.24, 2.45) is 0 Å². The predicted molar refractivity (Wildman–Crippen MR) is 148 cm³/mol. The molecule has 2 nitrogen and oxygen atoms in total. The zero-order valence-corrected chi connectivity index (χ0v) is 22.0. The monoisotopic (exact) mass is 480 g/mol. The van der Waals surface area contributed by atoms with Gasteiger partial charge in [-0.2, -0.15) is 0 Å². The summed E-state index contributed by atoms with van der Waals surface area (Å²) in [5.41, 5.74) is 3.73. The molecule has 0 aliphatic carbocycles. The molecule has 35 heavy (non-hydrogen) atoms. The van der Waals surface area contributed by atoms with Crippen molar-refractivity contribution in [3.8, 4) is 11.1 Å². The molecular weight excluding hydrogens is 435 g/mol. The van der Waals surface area contributed by atoms with Crippen LogP contribution in [0.5, 0.6) is 0 Å². The molecule has 0 bridgehead atoms. The number of halogens is 1. The van der Waals surface area contributed by atoms with Crippen LogP contribution < -0.4 is 0 Å². The number of benzene rings is 2. The lowest BCUT2D eigenvalue weighted by atomic mass is 9.95. The first-order valence-electron chi connectivity index (χ1n) is 13.9. The number of unbranched alkanes of at least 4 members (excludes halogenated alkanes) is 11. The van der Waals surface area contributed by atoms with E-state index in [1.165, 1.54) is 69.8 Å². The Morgan fingerprint density at radius 3 is 1.94 bits per heavy atom. The second-order valence-electron chi connectivity index (χ2n) is 9.79. The average molecular weight is 481 g/mol. The summed E-state index contributed by atoms with van der Waals surface area (Å²) in [5.74, 6) is -1.11. The molecule has 0 unspecified atom stereocenters. The number of carbonyl (C=O) groups is 1. The molecule has 192 valence electrons. The van der Waals surface area contributed by atoms with E-state index in [1.807, 2.05) is 12.1 Å². The van der Waals surface area contributed by atoms with E-state index in [-0.39, 0.29) is 11.4 Å². The van der Waals surface area contributed by atoms with Gasteiger partial charge in [0, 0.05) is 0 Å². The van der Waals surface area contributed by atoms with Gasteiger partial charge < -0.3 is 5.11 Å². The number of aromatic carboxylic acids is 1. The van der Waals surface area contributed by atoms with E-state index in [1.54, 1.807) is 24.3 Å². The van der Waals surface area contributed by atoms with E-state index in [0.29, 0.717) is 17.5 Å². The second kappa shape index (κ2) is 17.1. The van der Waals surface area contributed by atoms with Crippen LogP contribution in [0.25, 0.3) is 17.2 Å². The van der Waals surface area contributed by atoms with Gasteiger partial charge in [0.25, 0.3) is 0 Å². The molecule has 0 amide bonds. The van der Waals surface area contributed by atoms with Crippen LogP contribution in [-0.4, -0.2) is 11.1 Å². The molecule has 2 rings (SSSR count). The maximum atomic E-state index is 14.4. The molecule has 0 heterocycles. The summed E-state index contributed by atoms with van der Waals surface area (Å²) in [6.07, 6.45) is 18.9. The number of carboxylic acids is 1. The van der Waals surface area contributed by atoms with Crippen molar-refractivity contribution in [2.75, 3.05) is 0 Å². The molecule has 2 aromatic rings. The van der Waals surface area contributed by atoms with Crippen molar-refractivity contribution < 1.29 is 14.3 Å². The van der Waals surface area contributed by atoms with Crippen LogP contribution in [0, 0.1) is 0 Å². The highest BCUT2D eigenvalue weighted by atomic mass is 19.1. The van der Waals surface area contributed by atoms with Gasteiger partial charge in [0.05, 0.1) is 5.56 Å². The van der Waals surface area contributed by atoms with Gasteiger partial charge in [0.2, 0.25) is 0 Å². The quantitative estimate of drug-likeness (QED) is 0.215. The minimum atomic E-state index is -0.963. The Kier molecular flexibility index (Phi) is 14.1. The minimum absolute atomic E-state index is 0.142. The van der Waals surface area contributed by atoms with Gasteiger partial charge >= 0.3 is 5.97 Å². The van der Waals surface area contributed by atoms with Crippen LogP contribution in [0.1, 0.15) is 125 Å². The number of aryl methyl sites for hydroxylation is 1. The van der Waals surface area contributed by atoms with E-state index in [9.17, 15) is 14.3 Å². The van der Waals surface area contributed by atoms with Gasteiger partial charge in [-0.1, -0.05) is 115 Å². The molecule has 0 saturated carbocycles. The maximum absolute atomic E-state index is 14.4. The highest BCUT2D eigenvalue weighted by Crippen LogP contribution is 2.28. The molecule has 3 heteroatoms. The molecule has 0 atom stereocenters. The zero-order valence-electron chi connectivity index (χ0n) is 22.0. The van der Waals surface area contributed by atoms with Crippen molar-refractivity contribution in [1.29, 1.82) is 0 Å². The minimum Gasteiger partial charge on any atom is -0.478 e.